The predicted octanol–water partition coefficient (Wildman–Crippen LogP) is 4.18. The van der Waals surface area contributed by atoms with Crippen LogP contribution < -0.4 is 20.9 Å². The molecule has 1 aliphatic heterocycles. The van der Waals surface area contributed by atoms with Crippen LogP contribution in [0.2, 0.25) is 0 Å². The van der Waals surface area contributed by atoms with Gasteiger partial charge in [-0.25, -0.2) is 9.07 Å². The number of carbonyl (C=O) groups is 4. The molecule has 2 heterocycles. The van der Waals surface area contributed by atoms with Gasteiger partial charge < -0.3 is 20.9 Å². The molecule has 4 amide bonds. The fourth-order valence-corrected chi connectivity index (χ4v) is 5.89. The number of para-hydroxylation sites is 1. The van der Waals surface area contributed by atoms with E-state index in [0.717, 1.165) is 24.3 Å². The molecule has 0 saturated carbocycles. The van der Waals surface area contributed by atoms with E-state index in [4.69, 9.17) is 5.10 Å². The smallest absolute Gasteiger partial charge is 0.351 e. The quantitative estimate of drug-likeness (QED) is 0.149. The van der Waals surface area contributed by atoms with Crippen LogP contribution in [-0.4, -0.2) is 78.1 Å². The summed E-state index contributed by atoms with van der Waals surface area (Å²) in [4.78, 5) is 56.4. The Balaban J connectivity index is 1.58. The zero-order chi connectivity index (χ0) is 37.6. The molecule has 15 heteroatoms. The van der Waals surface area contributed by atoms with E-state index in [1.54, 1.807) is 37.3 Å². The molecule has 2 atom stereocenters. The Bertz CT molecular complexity index is 1960. The second-order valence-electron chi connectivity index (χ2n) is 12.2. The average molecular weight is 720 g/mol. The van der Waals surface area contributed by atoms with E-state index in [0.29, 0.717) is 41.8 Å². The molecule has 1 aromatic heterocycles. The van der Waals surface area contributed by atoms with E-state index in [-0.39, 0.29) is 24.3 Å². The number of likely N-dealkylation sites (N-methyl/N-ethyl adjacent to an activating group) is 2. The van der Waals surface area contributed by atoms with Crippen LogP contribution in [0.15, 0.2) is 91.0 Å². The van der Waals surface area contributed by atoms with Gasteiger partial charge in [0.2, 0.25) is 11.8 Å². The first-order chi connectivity index (χ1) is 24.8. The second-order valence-corrected chi connectivity index (χ2v) is 12.2. The third kappa shape index (κ3) is 8.54. The van der Waals surface area contributed by atoms with E-state index in [1.807, 2.05) is 19.0 Å². The lowest BCUT2D eigenvalue weighted by molar-refractivity contribution is -0.137. The normalized spacial score (nSPS) is 15.8. The molecular formula is C37H37F4N7O4. The van der Waals surface area contributed by atoms with Crippen molar-refractivity contribution in [3.05, 3.63) is 125 Å². The Kier molecular flexibility index (Phi) is 11.5. The monoisotopic (exact) mass is 719 g/mol. The molecule has 272 valence electrons. The number of halogens is 4. The van der Waals surface area contributed by atoms with Gasteiger partial charge in [0.05, 0.1) is 23.5 Å². The number of hydrogen-bond acceptors (Lipinski definition) is 6. The van der Waals surface area contributed by atoms with Crippen LogP contribution in [0.1, 0.15) is 45.6 Å². The van der Waals surface area contributed by atoms with Gasteiger partial charge in [0.15, 0.2) is 0 Å². The summed E-state index contributed by atoms with van der Waals surface area (Å²) in [5.74, 6) is -3.85. The molecule has 3 aromatic carbocycles. The minimum absolute atomic E-state index is 0.105. The maximum absolute atomic E-state index is 14.4. The fourth-order valence-electron chi connectivity index (χ4n) is 5.89. The number of hydrogen-bond donors (Lipinski definition) is 3. The molecule has 0 saturated heterocycles. The van der Waals surface area contributed by atoms with Crippen molar-refractivity contribution in [1.29, 1.82) is 0 Å². The summed E-state index contributed by atoms with van der Waals surface area (Å²) in [6.45, 7) is 2.61. The first-order valence-electron chi connectivity index (χ1n) is 16.4. The minimum atomic E-state index is -4.71. The molecule has 3 N–H and O–H groups in total. The Labute approximate surface area is 297 Å². The van der Waals surface area contributed by atoms with E-state index >= 15 is 0 Å². The van der Waals surface area contributed by atoms with Gasteiger partial charge in [0.1, 0.15) is 17.7 Å². The Morgan fingerprint density at radius 2 is 1.60 bits per heavy atom. The lowest BCUT2D eigenvalue weighted by Crippen LogP contribution is -2.55. The Hall–Kier alpha value is -5.83. The van der Waals surface area contributed by atoms with Crippen LogP contribution in [0.25, 0.3) is 5.69 Å². The van der Waals surface area contributed by atoms with E-state index in [9.17, 15) is 36.7 Å². The largest absolute Gasteiger partial charge is 0.416 e. The summed E-state index contributed by atoms with van der Waals surface area (Å²) in [5, 5.41) is 12.9. The summed E-state index contributed by atoms with van der Waals surface area (Å²) in [7, 11) is 3.71. The average Bonchev–Trinajstić information content (AvgIpc) is 3.49. The molecule has 0 unspecified atom stereocenters. The highest BCUT2D eigenvalue weighted by atomic mass is 19.4. The number of nitrogens with one attached hydrogen (secondary N) is 3. The third-order valence-corrected chi connectivity index (χ3v) is 8.36. The molecule has 0 aliphatic carbocycles. The van der Waals surface area contributed by atoms with Crippen molar-refractivity contribution in [3.63, 3.8) is 0 Å². The standard InChI is InChI=1S/C37H37F4N7O4/c1-4-47-35-32(28(45-48(35)27-11-6-5-7-12-27)22-43-30(50)18-17-29(49)42-19-20-46(2)3)31(23-13-15-26(38)16-14-23)33(36(47)52)44-34(51)24-9-8-10-25(21-24)37(39,40)41/h5-18,21,31,33H,4,19-20,22H2,1-3H3,(H,42,49)(H,43,50)(H,44,51)/b18-17+/t31-,33-/m1/s1. The predicted molar refractivity (Wildman–Crippen MR) is 185 cm³/mol. The van der Waals surface area contributed by atoms with Gasteiger partial charge in [-0.1, -0.05) is 36.4 Å². The summed E-state index contributed by atoms with van der Waals surface area (Å²) < 4.78 is 56.3. The minimum Gasteiger partial charge on any atom is -0.351 e. The van der Waals surface area contributed by atoms with Gasteiger partial charge in [0, 0.05) is 48.8 Å². The van der Waals surface area contributed by atoms with Crippen LogP contribution in [0.5, 0.6) is 0 Å². The van der Waals surface area contributed by atoms with Crippen molar-refractivity contribution in [3.8, 4) is 5.69 Å². The zero-order valence-electron chi connectivity index (χ0n) is 28.6. The Morgan fingerprint density at radius 1 is 0.923 bits per heavy atom. The Morgan fingerprint density at radius 3 is 2.23 bits per heavy atom. The molecule has 5 rings (SSSR count). The highest BCUT2D eigenvalue weighted by Crippen LogP contribution is 2.43. The summed E-state index contributed by atoms with van der Waals surface area (Å²) in [6, 6.07) is 16.6. The van der Waals surface area contributed by atoms with Crippen molar-refractivity contribution < 1.29 is 36.7 Å². The lowest BCUT2D eigenvalue weighted by atomic mass is 9.80. The SMILES string of the molecule is CCN1C(=O)[C@H](NC(=O)c2cccc(C(F)(F)F)c2)[C@H](c2ccc(F)cc2)c2c(CNC(=O)/C=C/C(=O)NCCN(C)C)nn(-c3ccccc3)c21. The third-order valence-electron chi connectivity index (χ3n) is 8.36. The summed E-state index contributed by atoms with van der Waals surface area (Å²) >= 11 is 0. The second kappa shape index (κ2) is 16.0. The van der Waals surface area contributed by atoms with Crippen molar-refractivity contribution in [2.45, 2.75) is 31.6 Å². The summed E-state index contributed by atoms with van der Waals surface area (Å²) in [6.07, 6.45) is -2.54. The van der Waals surface area contributed by atoms with Crippen molar-refractivity contribution in [2.24, 2.45) is 0 Å². The molecule has 0 bridgehead atoms. The van der Waals surface area contributed by atoms with Crippen molar-refractivity contribution in [1.82, 2.24) is 30.6 Å². The van der Waals surface area contributed by atoms with E-state index in [2.05, 4.69) is 16.0 Å². The number of alkyl halides is 3. The first kappa shape index (κ1) is 37.4. The van der Waals surface area contributed by atoms with Gasteiger partial charge in [0.25, 0.3) is 11.8 Å². The van der Waals surface area contributed by atoms with Gasteiger partial charge in [-0.2, -0.15) is 18.3 Å². The molecule has 0 radical (unpaired) electrons. The first-order valence-corrected chi connectivity index (χ1v) is 16.4. The van der Waals surface area contributed by atoms with Gasteiger partial charge >= 0.3 is 6.18 Å². The maximum Gasteiger partial charge on any atom is 0.416 e. The van der Waals surface area contributed by atoms with Crippen LogP contribution in [-0.2, 0) is 27.1 Å². The number of amides is 4. The number of nitrogens with zero attached hydrogens (tertiary/aromatic N) is 4. The number of benzene rings is 3. The highest BCUT2D eigenvalue weighted by molar-refractivity contribution is 6.05. The highest BCUT2D eigenvalue weighted by Gasteiger charge is 2.46. The summed E-state index contributed by atoms with van der Waals surface area (Å²) in [5.41, 5.74) is 0.313. The van der Waals surface area contributed by atoms with Crippen LogP contribution in [0.4, 0.5) is 23.4 Å². The molecule has 0 fully saturated rings. The number of rotatable bonds is 12. The molecule has 4 aromatic rings. The lowest BCUT2D eigenvalue weighted by Gasteiger charge is -2.38. The topological polar surface area (TPSA) is 129 Å². The molecule has 1 aliphatic rings. The van der Waals surface area contributed by atoms with E-state index in [1.165, 1.54) is 39.9 Å². The van der Waals surface area contributed by atoms with E-state index < -0.39 is 53.1 Å². The van der Waals surface area contributed by atoms with Gasteiger partial charge in [-0.3, -0.25) is 24.1 Å². The number of carbonyl (C=O) groups excluding carboxylic acids is 4. The van der Waals surface area contributed by atoms with Crippen molar-refractivity contribution >= 4 is 29.4 Å². The number of anilines is 1. The van der Waals surface area contributed by atoms with Crippen LogP contribution in [0.3, 0.4) is 0 Å². The molecule has 11 nitrogen and oxygen atoms in total. The zero-order valence-corrected chi connectivity index (χ0v) is 28.6. The van der Waals surface area contributed by atoms with Crippen LogP contribution >= 0.6 is 0 Å². The van der Waals surface area contributed by atoms with Gasteiger partial charge in [-0.05, 0) is 69.0 Å². The van der Waals surface area contributed by atoms with Crippen LogP contribution in [0, 0.1) is 5.82 Å². The van der Waals surface area contributed by atoms with Gasteiger partial charge in [-0.15, -0.1) is 0 Å². The molecule has 52 heavy (non-hydrogen) atoms. The number of fused-ring (bicyclic) bond motifs is 1. The maximum atomic E-state index is 14.4. The van der Waals surface area contributed by atoms with Crippen molar-refractivity contribution in [2.75, 3.05) is 38.6 Å². The molecular weight excluding hydrogens is 682 g/mol. The fraction of sp³-hybridized carbons (Fsp3) is 0.270. The molecule has 0 spiro atoms. The number of aromatic nitrogens is 2.